The Hall–Kier alpha value is -1.46. The van der Waals surface area contributed by atoms with Crippen molar-refractivity contribution in [2.75, 3.05) is 44.4 Å². The first-order valence-electron chi connectivity index (χ1n) is 6.83. The molecule has 0 amide bonds. The van der Waals surface area contributed by atoms with Gasteiger partial charge in [-0.25, -0.2) is 0 Å². The van der Waals surface area contributed by atoms with Crippen LogP contribution >= 0.6 is 0 Å². The number of nitrogens with two attached hydrogens (primary N) is 1. The Morgan fingerprint density at radius 3 is 2.84 bits per heavy atom. The largest absolute Gasteiger partial charge is 0.486 e. The molecule has 2 N–H and O–H groups in total. The summed E-state index contributed by atoms with van der Waals surface area (Å²) in [6, 6.07) is 6.12. The fourth-order valence-corrected chi connectivity index (χ4v) is 2.54. The van der Waals surface area contributed by atoms with Crippen molar-refractivity contribution in [1.82, 2.24) is 0 Å². The number of hydrogen-bond donors (Lipinski definition) is 1. The highest BCUT2D eigenvalue weighted by molar-refractivity contribution is 5.57. The van der Waals surface area contributed by atoms with Gasteiger partial charge >= 0.3 is 0 Å². The van der Waals surface area contributed by atoms with Crippen LogP contribution in [-0.4, -0.2) is 45.6 Å². The van der Waals surface area contributed by atoms with Crippen LogP contribution in [0.5, 0.6) is 11.5 Å². The Morgan fingerprint density at radius 1 is 1.16 bits per heavy atom. The summed E-state index contributed by atoms with van der Waals surface area (Å²) in [6.07, 6.45) is 1.13. The van der Waals surface area contributed by atoms with Gasteiger partial charge in [0, 0.05) is 24.8 Å². The van der Waals surface area contributed by atoms with Crippen LogP contribution in [0.25, 0.3) is 0 Å². The lowest BCUT2D eigenvalue weighted by Gasteiger charge is -2.35. The van der Waals surface area contributed by atoms with Gasteiger partial charge in [-0.3, -0.25) is 0 Å². The molecule has 5 nitrogen and oxygen atoms in total. The quantitative estimate of drug-likeness (QED) is 0.883. The molecule has 104 valence electrons. The summed E-state index contributed by atoms with van der Waals surface area (Å²) in [5.74, 6) is 1.67. The molecule has 0 bridgehead atoms. The molecular formula is C14H20N2O3. The molecular weight excluding hydrogens is 244 g/mol. The molecule has 3 rings (SSSR count). The van der Waals surface area contributed by atoms with E-state index in [0.29, 0.717) is 19.8 Å². The Morgan fingerprint density at radius 2 is 2.00 bits per heavy atom. The second-order valence-electron chi connectivity index (χ2n) is 4.84. The van der Waals surface area contributed by atoms with Gasteiger partial charge in [0.2, 0.25) is 0 Å². The Kier molecular flexibility index (Phi) is 3.75. The zero-order chi connectivity index (χ0) is 13.1. The Labute approximate surface area is 113 Å². The monoisotopic (exact) mass is 264 g/mol. The third kappa shape index (κ3) is 2.77. The summed E-state index contributed by atoms with van der Waals surface area (Å²) >= 11 is 0. The predicted octanol–water partition coefficient (Wildman–Crippen LogP) is 1.01. The number of benzene rings is 1. The zero-order valence-electron chi connectivity index (χ0n) is 11.0. The zero-order valence-corrected chi connectivity index (χ0v) is 11.0. The SMILES string of the molecule is NCCC1CN(c2ccc3c(c2)OCCO3)CCO1. The normalized spacial score (nSPS) is 22.4. The van der Waals surface area contributed by atoms with Gasteiger partial charge in [-0.05, 0) is 25.1 Å². The summed E-state index contributed by atoms with van der Waals surface area (Å²) < 4.78 is 16.9. The smallest absolute Gasteiger partial charge is 0.163 e. The molecule has 2 heterocycles. The van der Waals surface area contributed by atoms with E-state index in [-0.39, 0.29) is 6.10 Å². The predicted molar refractivity (Wildman–Crippen MR) is 73.1 cm³/mol. The fourth-order valence-electron chi connectivity index (χ4n) is 2.54. The first-order valence-corrected chi connectivity index (χ1v) is 6.83. The maximum Gasteiger partial charge on any atom is 0.163 e. The van der Waals surface area contributed by atoms with Crippen LogP contribution in [0.4, 0.5) is 5.69 Å². The minimum absolute atomic E-state index is 0.229. The summed E-state index contributed by atoms with van der Waals surface area (Å²) in [4.78, 5) is 2.32. The van der Waals surface area contributed by atoms with E-state index in [9.17, 15) is 0 Å². The number of hydrogen-bond acceptors (Lipinski definition) is 5. The topological polar surface area (TPSA) is 57.0 Å². The molecule has 1 saturated heterocycles. The molecule has 0 saturated carbocycles. The van der Waals surface area contributed by atoms with Crippen molar-refractivity contribution in [1.29, 1.82) is 0 Å². The van der Waals surface area contributed by atoms with E-state index in [1.54, 1.807) is 0 Å². The van der Waals surface area contributed by atoms with Crippen LogP contribution in [0.15, 0.2) is 18.2 Å². The molecule has 2 aliphatic rings. The highest BCUT2D eigenvalue weighted by Gasteiger charge is 2.21. The third-order valence-corrected chi connectivity index (χ3v) is 3.52. The Balaban J connectivity index is 1.74. The molecule has 2 aliphatic heterocycles. The maximum atomic E-state index is 5.71. The van der Waals surface area contributed by atoms with E-state index < -0.39 is 0 Å². The van der Waals surface area contributed by atoms with Crippen LogP contribution in [0.3, 0.4) is 0 Å². The molecule has 5 heteroatoms. The van der Waals surface area contributed by atoms with Gasteiger partial charge in [0.1, 0.15) is 13.2 Å². The molecule has 1 fully saturated rings. The second-order valence-corrected chi connectivity index (χ2v) is 4.84. The molecule has 1 aromatic carbocycles. The lowest BCUT2D eigenvalue weighted by Crippen LogP contribution is -2.43. The van der Waals surface area contributed by atoms with Crippen LogP contribution < -0.4 is 20.1 Å². The van der Waals surface area contributed by atoms with Gasteiger partial charge < -0.3 is 24.8 Å². The molecule has 0 aromatic heterocycles. The number of fused-ring (bicyclic) bond motifs is 1. The molecule has 0 radical (unpaired) electrons. The average Bonchev–Trinajstić information content (AvgIpc) is 2.47. The average molecular weight is 264 g/mol. The van der Waals surface area contributed by atoms with E-state index in [2.05, 4.69) is 17.0 Å². The highest BCUT2D eigenvalue weighted by Crippen LogP contribution is 2.34. The number of ether oxygens (including phenoxy) is 3. The van der Waals surface area contributed by atoms with Crippen LogP contribution in [0.2, 0.25) is 0 Å². The van der Waals surface area contributed by atoms with Gasteiger partial charge in [0.05, 0.1) is 12.7 Å². The van der Waals surface area contributed by atoms with Gasteiger partial charge in [-0.2, -0.15) is 0 Å². The van der Waals surface area contributed by atoms with Crippen molar-refractivity contribution in [2.24, 2.45) is 5.73 Å². The van der Waals surface area contributed by atoms with Crippen molar-refractivity contribution >= 4 is 5.69 Å². The van der Waals surface area contributed by atoms with Crippen LogP contribution in [-0.2, 0) is 4.74 Å². The summed E-state index contributed by atoms with van der Waals surface area (Å²) in [5, 5.41) is 0. The lowest BCUT2D eigenvalue weighted by atomic mass is 10.1. The minimum atomic E-state index is 0.229. The molecule has 1 unspecified atom stereocenters. The first kappa shape index (κ1) is 12.6. The van der Waals surface area contributed by atoms with E-state index in [1.165, 1.54) is 0 Å². The fraction of sp³-hybridized carbons (Fsp3) is 0.571. The summed E-state index contributed by atoms with van der Waals surface area (Å²) in [6.45, 7) is 4.45. The third-order valence-electron chi connectivity index (χ3n) is 3.52. The van der Waals surface area contributed by atoms with Crippen LogP contribution in [0.1, 0.15) is 6.42 Å². The summed E-state index contributed by atoms with van der Waals surface area (Å²) in [7, 11) is 0. The molecule has 1 aromatic rings. The van der Waals surface area contributed by atoms with Crippen LogP contribution in [0, 0.1) is 0 Å². The lowest BCUT2D eigenvalue weighted by molar-refractivity contribution is 0.0368. The summed E-state index contributed by atoms with van der Waals surface area (Å²) in [5.41, 5.74) is 6.76. The standard InChI is InChI=1S/C14H20N2O3/c15-4-3-12-10-16(5-6-17-12)11-1-2-13-14(9-11)19-8-7-18-13/h1-2,9,12H,3-8,10,15H2. The van der Waals surface area contributed by atoms with Crippen molar-refractivity contribution in [3.63, 3.8) is 0 Å². The van der Waals surface area contributed by atoms with Gasteiger partial charge in [0.15, 0.2) is 11.5 Å². The van der Waals surface area contributed by atoms with E-state index in [4.69, 9.17) is 19.9 Å². The molecule has 0 spiro atoms. The van der Waals surface area contributed by atoms with Crippen molar-refractivity contribution in [3.8, 4) is 11.5 Å². The van der Waals surface area contributed by atoms with Gasteiger partial charge in [-0.1, -0.05) is 0 Å². The number of anilines is 1. The van der Waals surface area contributed by atoms with Crippen molar-refractivity contribution < 1.29 is 14.2 Å². The molecule has 0 aliphatic carbocycles. The minimum Gasteiger partial charge on any atom is -0.486 e. The second kappa shape index (κ2) is 5.67. The highest BCUT2D eigenvalue weighted by atomic mass is 16.6. The van der Waals surface area contributed by atoms with Crippen molar-refractivity contribution in [3.05, 3.63) is 18.2 Å². The van der Waals surface area contributed by atoms with Crippen molar-refractivity contribution in [2.45, 2.75) is 12.5 Å². The molecule has 1 atom stereocenters. The van der Waals surface area contributed by atoms with E-state index in [0.717, 1.165) is 43.3 Å². The van der Waals surface area contributed by atoms with E-state index in [1.807, 2.05) is 6.07 Å². The van der Waals surface area contributed by atoms with E-state index >= 15 is 0 Å². The Bertz CT molecular complexity index is 437. The maximum absolute atomic E-state index is 5.71. The number of rotatable bonds is 3. The van der Waals surface area contributed by atoms with Gasteiger partial charge in [-0.15, -0.1) is 0 Å². The van der Waals surface area contributed by atoms with Gasteiger partial charge in [0.25, 0.3) is 0 Å². The number of nitrogens with zero attached hydrogens (tertiary/aromatic N) is 1. The molecule has 19 heavy (non-hydrogen) atoms. The number of morpholine rings is 1. The first-order chi connectivity index (χ1) is 9.36.